The smallest absolute Gasteiger partial charge is 0.232 e. The van der Waals surface area contributed by atoms with Crippen molar-refractivity contribution in [2.24, 2.45) is 0 Å². The number of hydrogen-bond donors (Lipinski definition) is 1. The maximum absolute atomic E-state index is 4.87. The van der Waals surface area contributed by atoms with Crippen LogP contribution in [0.15, 0.2) is 0 Å². The number of piperidine rings is 2. The van der Waals surface area contributed by atoms with E-state index in [1.54, 1.807) is 0 Å². The largest absolute Gasteiger partial charge is 0.343 e. The second kappa shape index (κ2) is 7.51. The standard InChI is InChI=1S/C17H29N7/c1-3-9-22(10-4-1)15-19-16(23-11-5-2-6-12-23)21-17(20-15)24-13-7-18-8-14-24/h18H,1-14H2/p+1. The zero-order chi connectivity index (χ0) is 16.2. The molecule has 4 heterocycles. The van der Waals surface area contributed by atoms with E-state index < -0.39 is 0 Å². The Labute approximate surface area is 144 Å². The molecule has 7 nitrogen and oxygen atoms in total. The van der Waals surface area contributed by atoms with Gasteiger partial charge in [-0.3, -0.25) is 0 Å². The van der Waals surface area contributed by atoms with Crippen LogP contribution in [0.25, 0.3) is 0 Å². The van der Waals surface area contributed by atoms with E-state index in [0.717, 1.165) is 70.2 Å². The van der Waals surface area contributed by atoms with E-state index in [2.05, 4.69) is 20.0 Å². The van der Waals surface area contributed by atoms with Gasteiger partial charge < -0.3 is 20.0 Å². The van der Waals surface area contributed by atoms with Crippen molar-refractivity contribution in [1.29, 1.82) is 0 Å². The summed E-state index contributed by atoms with van der Waals surface area (Å²) >= 11 is 0. The summed E-state index contributed by atoms with van der Waals surface area (Å²) in [6.07, 6.45) is 7.65. The molecule has 3 aliphatic heterocycles. The van der Waals surface area contributed by atoms with Gasteiger partial charge in [-0.05, 0) is 38.5 Å². The summed E-state index contributed by atoms with van der Waals surface area (Å²) in [7, 11) is 0. The predicted octanol–water partition coefficient (Wildman–Crippen LogP) is 0.236. The molecule has 3 aliphatic rings. The number of aromatic nitrogens is 3. The SMILES string of the molecule is C1CCN(c2nc(N3CCCCC3)nc(N3CC[NH2+]CC3)n2)CC1. The van der Waals surface area contributed by atoms with Crippen molar-refractivity contribution in [3.8, 4) is 0 Å². The molecule has 1 aromatic rings. The van der Waals surface area contributed by atoms with Crippen LogP contribution in [0.3, 0.4) is 0 Å². The Morgan fingerprint density at radius 3 is 1.29 bits per heavy atom. The van der Waals surface area contributed by atoms with Crippen molar-refractivity contribution in [2.75, 3.05) is 67.1 Å². The third-order valence-corrected chi connectivity index (χ3v) is 5.37. The normalized spacial score (nSPS) is 22.8. The summed E-state index contributed by atoms with van der Waals surface area (Å²) in [4.78, 5) is 21.7. The fourth-order valence-corrected chi connectivity index (χ4v) is 3.91. The Morgan fingerprint density at radius 1 is 0.500 bits per heavy atom. The number of anilines is 3. The molecule has 4 rings (SSSR count). The van der Waals surface area contributed by atoms with Crippen molar-refractivity contribution < 1.29 is 5.32 Å². The third kappa shape index (κ3) is 3.55. The molecular formula is C17H30N7+. The minimum absolute atomic E-state index is 0.888. The minimum atomic E-state index is 0.888. The van der Waals surface area contributed by atoms with Crippen LogP contribution < -0.4 is 20.0 Å². The molecule has 0 radical (unpaired) electrons. The predicted molar refractivity (Wildman–Crippen MR) is 95.8 cm³/mol. The van der Waals surface area contributed by atoms with Crippen LogP contribution in [0, 0.1) is 0 Å². The highest BCUT2D eigenvalue weighted by molar-refractivity contribution is 5.47. The van der Waals surface area contributed by atoms with Crippen molar-refractivity contribution >= 4 is 17.8 Å². The number of nitrogens with two attached hydrogens (primary N) is 1. The van der Waals surface area contributed by atoms with E-state index in [9.17, 15) is 0 Å². The molecule has 0 saturated carbocycles. The lowest BCUT2D eigenvalue weighted by Crippen LogP contribution is -2.89. The summed E-state index contributed by atoms with van der Waals surface area (Å²) < 4.78 is 0. The van der Waals surface area contributed by atoms with E-state index in [1.807, 2.05) is 0 Å². The van der Waals surface area contributed by atoms with E-state index in [0.29, 0.717) is 0 Å². The molecular weight excluding hydrogens is 302 g/mol. The van der Waals surface area contributed by atoms with E-state index in [-0.39, 0.29) is 0 Å². The van der Waals surface area contributed by atoms with Crippen LogP contribution >= 0.6 is 0 Å². The Balaban J connectivity index is 1.63. The highest BCUT2D eigenvalue weighted by Crippen LogP contribution is 2.23. The Hall–Kier alpha value is -1.63. The number of hydrogen-bond acceptors (Lipinski definition) is 6. The first-order valence-electron chi connectivity index (χ1n) is 9.73. The Kier molecular flexibility index (Phi) is 4.96. The lowest BCUT2D eigenvalue weighted by molar-refractivity contribution is -0.655. The van der Waals surface area contributed by atoms with Gasteiger partial charge in [0.1, 0.15) is 0 Å². The lowest BCUT2D eigenvalue weighted by Gasteiger charge is -2.32. The highest BCUT2D eigenvalue weighted by Gasteiger charge is 2.23. The summed E-state index contributed by atoms with van der Waals surface area (Å²) in [6, 6.07) is 0. The summed E-state index contributed by atoms with van der Waals surface area (Å²) in [6.45, 7) is 8.64. The van der Waals surface area contributed by atoms with Gasteiger partial charge in [0.2, 0.25) is 17.8 Å². The van der Waals surface area contributed by atoms with Gasteiger partial charge in [0, 0.05) is 26.2 Å². The van der Waals surface area contributed by atoms with Crippen LogP contribution in [-0.2, 0) is 0 Å². The molecule has 2 N–H and O–H groups in total. The fraction of sp³-hybridized carbons (Fsp3) is 0.824. The van der Waals surface area contributed by atoms with Crippen molar-refractivity contribution in [2.45, 2.75) is 38.5 Å². The number of rotatable bonds is 3. The molecule has 0 atom stereocenters. The van der Waals surface area contributed by atoms with Crippen LogP contribution in [0.1, 0.15) is 38.5 Å². The second-order valence-electron chi connectivity index (χ2n) is 7.18. The van der Waals surface area contributed by atoms with Gasteiger partial charge in [-0.15, -0.1) is 0 Å². The van der Waals surface area contributed by atoms with Crippen LogP contribution in [0.5, 0.6) is 0 Å². The van der Waals surface area contributed by atoms with Crippen LogP contribution in [0.4, 0.5) is 17.8 Å². The first-order chi connectivity index (χ1) is 11.9. The Bertz CT molecular complexity index is 443. The third-order valence-electron chi connectivity index (χ3n) is 5.37. The second-order valence-corrected chi connectivity index (χ2v) is 7.18. The van der Waals surface area contributed by atoms with Crippen LogP contribution in [0.2, 0.25) is 0 Å². The van der Waals surface area contributed by atoms with Gasteiger partial charge in [-0.1, -0.05) is 0 Å². The maximum atomic E-state index is 4.87. The minimum Gasteiger partial charge on any atom is -0.343 e. The van der Waals surface area contributed by atoms with Gasteiger partial charge in [0.05, 0.1) is 26.2 Å². The van der Waals surface area contributed by atoms with E-state index in [1.165, 1.54) is 38.5 Å². The molecule has 132 valence electrons. The molecule has 3 saturated heterocycles. The first kappa shape index (κ1) is 15.9. The highest BCUT2D eigenvalue weighted by atomic mass is 15.4. The molecule has 7 heteroatoms. The number of nitrogens with zero attached hydrogens (tertiary/aromatic N) is 6. The van der Waals surface area contributed by atoms with Crippen molar-refractivity contribution in [1.82, 2.24) is 15.0 Å². The first-order valence-corrected chi connectivity index (χ1v) is 9.73. The van der Waals surface area contributed by atoms with Gasteiger partial charge in [-0.25, -0.2) is 0 Å². The van der Waals surface area contributed by atoms with Crippen LogP contribution in [-0.4, -0.2) is 67.3 Å². The average molecular weight is 332 g/mol. The molecule has 0 aromatic carbocycles. The molecule has 0 amide bonds. The summed E-state index contributed by atoms with van der Waals surface area (Å²) in [5, 5.41) is 2.37. The van der Waals surface area contributed by atoms with Gasteiger partial charge >= 0.3 is 0 Å². The molecule has 0 spiro atoms. The monoisotopic (exact) mass is 332 g/mol. The molecule has 0 aliphatic carbocycles. The van der Waals surface area contributed by atoms with E-state index >= 15 is 0 Å². The van der Waals surface area contributed by atoms with Gasteiger partial charge in [-0.2, -0.15) is 15.0 Å². The molecule has 24 heavy (non-hydrogen) atoms. The summed E-state index contributed by atoms with van der Waals surface area (Å²) in [5.74, 6) is 2.68. The lowest BCUT2D eigenvalue weighted by atomic mass is 10.1. The molecule has 0 unspecified atom stereocenters. The molecule has 0 bridgehead atoms. The van der Waals surface area contributed by atoms with Gasteiger partial charge in [0.25, 0.3) is 0 Å². The summed E-state index contributed by atoms with van der Waals surface area (Å²) in [5.41, 5.74) is 0. The zero-order valence-corrected chi connectivity index (χ0v) is 14.7. The quantitative estimate of drug-likeness (QED) is 0.855. The zero-order valence-electron chi connectivity index (χ0n) is 14.7. The van der Waals surface area contributed by atoms with Gasteiger partial charge in [0.15, 0.2) is 0 Å². The van der Waals surface area contributed by atoms with Crippen molar-refractivity contribution in [3.05, 3.63) is 0 Å². The topological polar surface area (TPSA) is 65.0 Å². The van der Waals surface area contributed by atoms with E-state index in [4.69, 9.17) is 15.0 Å². The molecule has 1 aromatic heterocycles. The fourth-order valence-electron chi connectivity index (χ4n) is 3.91. The average Bonchev–Trinajstić information content (AvgIpc) is 2.70. The maximum Gasteiger partial charge on any atom is 0.232 e. The number of piperazine rings is 1. The Morgan fingerprint density at radius 2 is 0.875 bits per heavy atom. The molecule has 3 fully saturated rings. The number of quaternary nitrogens is 1. The van der Waals surface area contributed by atoms with Crippen molar-refractivity contribution in [3.63, 3.8) is 0 Å².